The third kappa shape index (κ3) is 3.55. The van der Waals surface area contributed by atoms with Crippen LogP contribution in [0.4, 0.5) is 5.69 Å². The quantitative estimate of drug-likeness (QED) is 0.364. The molecule has 154 valence electrons. The maximum atomic E-state index is 12.7. The average molecular weight is 410 g/mol. The van der Waals surface area contributed by atoms with Crippen LogP contribution in [0.3, 0.4) is 0 Å². The van der Waals surface area contributed by atoms with Crippen LogP contribution in [0.1, 0.15) is 38.2 Å². The van der Waals surface area contributed by atoms with Gasteiger partial charge in [-0.2, -0.15) is 4.58 Å². The second-order valence-electron chi connectivity index (χ2n) is 7.74. The summed E-state index contributed by atoms with van der Waals surface area (Å²) < 4.78 is 14.6. The lowest BCUT2D eigenvalue weighted by Crippen LogP contribution is -2.17. The minimum Gasteiger partial charge on any atom is -0.445 e. The van der Waals surface area contributed by atoms with Crippen LogP contribution in [0.15, 0.2) is 84.8 Å². The molecule has 0 saturated carbocycles. The van der Waals surface area contributed by atoms with Crippen LogP contribution in [-0.2, 0) is 9.53 Å². The number of benzene rings is 3. The van der Waals surface area contributed by atoms with E-state index in [1.54, 1.807) is 0 Å². The molecule has 0 N–H and O–H groups in total. The van der Waals surface area contributed by atoms with E-state index in [4.69, 9.17) is 9.47 Å². The standard InChI is InChI=1S/C27H24NO3/c1-2-3-17-25(29)31-27-23-15-9-18-28(23)22-14-6-7-16-24(22)30-26(27)21-13-8-11-19-10-4-5-12-20(19)21/h4-14,16,18H,2-3,15,17H2,1H3/q+1. The van der Waals surface area contributed by atoms with E-state index in [2.05, 4.69) is 35.8 Å². The lowest BCUT2D eigenvalue weighted by molar-refractivity contribution is -0.357. The number of nitrogens with zero attached hydrogens (tertiary/aromatic N) is 1. The summed E-state index contributed by atoms with van der Waals surface area (Å²) in [7, 11) is 0. The van der Waals surface area contributed by atoms with Crippen molar-refractivity contribution in [2.24, 2.45) is 0 Å². The molecule has 0 aromatic heterocycles. The summed E-state index contributed by atoms with van der Waals surface area (Å²) in [5.41, 5.74) is 2.76. The molecule has 0 radical (unpaired) electrons. The second kappa shape index (κ2) is 8.23. The average Bonchev–Trinajstić information content (AvgIpc) is 3.25. The van der Waals surface area contributed by atoms with Crippen molar-refractivity contribution in [3.8, 4) is 5.75 Å². The molecule has 31 heavy (non-hydrogen) atoms. The van der Waals surface area contributed by atoms with Gasteiger partial charge in [0, 0.05) is 18.1 Å². The number of unbranched alkanes of at least 4 members (excludes halogenated alkanes) is 1. The van der Waals surface area contributed by atoms with Gasteiger partial charge in [0.1, 0.15) is 0 Å². The highest BCUT2D eigenvalue weighted by atomic mass is 16.6. The predicted molar refractivity (Wildman–Crippen MR) is 122 cm³/mol. The van der Waals surface area contributed by atoms with Crippen LogP contribution in [0, 0.1) is 0 Å². The number of para-hydroxylation sites is 2. The smallest absolute Gasteiger partial charge is 0.311 e. The van der Waals surface area contributed by atoms with E-state index >= 15 is 0 Å². The topological polar surface area (TPSA) is 38.5 Å². The van der Waals surface area contributed by atoms with Gasteiger partial charge >= 0.3 is 5.97 Å². The molecule has 0 fully saturated rings. The van der Waals surface area contributed by atoms with E-state index in [1.807, 2.05) is 54.7 Å². The highest BCUT2D eigenvalue weighted by Gasteiger charge is 2.36. The lowest BCUT2D eigenvalue weighted by Gasteiger charge is -2.15. The number of rotatable bonds is 5. The fourth-order valence-electron chi connectivity index (χ4n) is 4.11. The zero-order chi connectivity index (χ0) is 21.2. The molecule has 0 amide bonds. The molecule has 0 unspecified atom stereocenters. The Hall–Kier alpha value is -3.66. The number of carbonyl (C=O) groups excluding carboxylic acids is 1. The zero-order valence-electron chi connectivity index (χ0n) is 17.5. The minimum absolute atomic E-state index is 0.233. The van der Waals surface area contributed by atoms with Gasteiger partial charge in [-0.1, -0.05) is 67.9 Å². The van der Waals surface area contributed by atoms with E-state index < -0.39 is 0 Å². The SMILES string of the molecule is CCCCC(=O)OC1=C(c2cccc3ccccc23)Oc2ccccc2[N+]2=C1CC=C2. The Morgan fingerprint density at radius 2 is 1.84 bits per heavy atom. The summed E-state index contributed by atoms with van der Waals surface area (Å²) in [6.45, 7) is 2.07. The first-order chi connectivity index (χ1) is 15.3. The predicted octanol–water partition coefficient (Wildman–Crippen LogP) is 6.34. The van der Waals surface area contributed by atoms with Crippen molar-refractivity contribution < 1.29 is 18.8 Å². The molecule has 0 aliphatic carbocycles. The van der Waals surface area contributed by atoms with Crippen molar-refractivity contribution >= 4 is 33.9 Å². The fourth-order valence-corrected chi connectivity index (χ4v) is 4.11. The number of fused-ring (bicyclic) bond motifs is 3. The van der Waals surface area contributed by atoms with Crippen LogP contribution in [0.25, 0.3) is 16.5 Å². The summed E-state index contributed by atoms with van der Waals surface area (Å²) >= 11 is 0. The first kappa shape index (κ1) is 19.3. The van der Waals surface area contributed by atoms with Gasteiger partial charge in [-0.05, 0) is 29.3 Å². The maximum absolute atomic E-state index is 12.7. The summed E-state index contributed by atoms with van der Waals surface area (Å²) in [4.78, 5) is 12.7. The third-order valence-electron chi connectivity index (χ3n) is 5.65. The Labute approximate surface area is 181 Å². The van der Waals surface area contributed by atoms with Gasteiger partial charge < -0.3 is 9.47 Å². The van der Waals surface area contributed by atoms with Crippen molar-refractivity contribution in [1.29, 1.82) is 0 Å². The van der Waals surface area contributed by atoms with Gasteiger partial charge in [0.2, 0.25) is 11.5 Å². The van der Waals surface area contributed by atoms with Crippen LogP contribution in [-0.4, -0.2) is 16.3 Å². The molecule has 0 atom stereocenters. The summed E-state index contributed by atoms with van der Waals surface area (Å²) in [6.07, 6.45) is 6.89. The van der Waals surface area contributed by atoms with E-state index in [1.165, 1.54) is 0 Å². The summed E-state index contributed by atoms with van der Waals surface area (Å²) in [6, 6.07) is 22.2. The number of allylic oxidation sites excluding steroid dienone is 2. The Morgan fingerprint density at radius 1 is 1.03 bits per heavy atom. The number of ether oxygens (including phenoxy) is 2. The van der Waals surface area contributed by atoms with Crippen LogP contribution >= 0.6 is 0 Å². The molecular formula is C27H24NO3+. The monoisotopic (exact) mass is 410 g/mol. The Bertz CT molecular complexity index is 1260. The second-order valence-corrected chi connectivity index (χ2v) is 7.74. The summed E-state index contributed by atoms with van der Waals surface area (Å²) in [5.74, 6) is 1.58. The van der Waals surface area contributed by atoms with Crippen molar-refractivity contribution in [1.82, 2.24) is 0 Å². The van der Waals surface area contributed by atoms with Crippen molar-refractivity contribution in [3.63, 3.8) is 0 Å². The number of carbonyl (C=O) groups is 1. The molecule has 2 aliphatic heterocycles. The van der Waals surface area contributed by atoms with Crippen molar-refractivity contribution in [2.75, 3.05) is 0 Å². The van der Waals surface area contributed by atoms with Gasteiger partial charge in [-0.15, -0.1) is 0 Å². The van der Waals surface area contributed by atoms with Gasteiger partial charge in [0.05, 0.1) is 6.42 Å². The highest BCUT2D eigenvalue weighted by molar-refractivity contribution is 6.07. The van der Waals surface area contributed by atoms with Gasteiger partial charge in [0.25, 0.3) is 5.69 Å². The molecule has 2 heterocycles. The van der Waals surface area contributed by atoms with Gasteiger partial charge in [0.15, 0.2) is 17.7 Å². The number of esters is 1. The molecule has 4 nitrogen and oxygen atoms in total. The molecule has 0 bridgehead atoms. The van der Waals surface area contributed by atoms with E-state index in [9.17, 15) is 4.79 Å². The lowest BCUT2D eigenvalue weighted by atomic mass is 10.0. The molecule has 4 heteroatoms. The van der Waals surface area contributed by atoms with Crippen molar-refractivity contribution in [2.45, 2.75) is 32.6 Å². The molecule has 2 aliphatic rings. The zero-order valence-corrected chi connectivity index (χ0v) is 17.5. The Kier molecular flexibility index (Phi) is 5.13. The molecule has 0 saturated heterocycles. The van der Waals surface area contributed by atoms with E-state index in [-0.39, 0.29) is 5.97 Å². The summed E-state index contributed by atoms with van der Waals surface area (Å²) in [5, 5.41) is 2.16. The van der Waals surface area contributed by atoms with Gasteiger partial charge in [-0.25, -0.2) is 0 Å². The fraction of sp³-hybridized carbons (Fsp3) is 0.185. The molecule has 0 spiro atoms. The molecule has 3 aromatic carbocycles. The van der Waals surface area contributed by atoms with Crippen LogP contribution in [0.5, 0.6) is 5.75 Å². The van der Waals surface area contributed by atoms with Gasteiger partial charge in [-0.3, -0.25) is 4.79 Å². The minimum atomic E-state index is -0.233. The third-order valence-corrected chi connectivity index (χ3v) is 5.65. The number of hydrogen-bond donors (Lipinski definition) is 0. The van der Waals surface area contributed by atoms with Crippen molar-refractivity contribution in [3.05, 3.63) is 90.3 Å². The van der Waals surface area contributed by atoms with Crippen LogP contribution < -0.4 is 4.74 Å². The molecule has 5 rings (SSSR count). The normalized spacial score (nSPS) is 14.9. The first-order valence-electron chi connectivity index (χ1n) is 10.8. The van der Waals surface area contributed by atoms with Crippen LogP contribution in [0.2, 0.25) is 0 Å². The van der Waals surface area contributed by atoms with E-state index in [0.29, 0.717) is 24.4 Å². The maximum Gasteiger partial charge on any atom is 0.311 e. The Balaban J connectivity index is 1.74. The van der Waals surface area contributed by atoms with E-state index in [0.717, 1.165) is 46.3 Å². The largest absolute Gasteiger partial charge is 0.445 e. The molecular weight excluding hydrogens is 386 g/mol. The Morgan fingerprint density at radius 3 is 2.74 bits per heavy atom. The number of hydrogen-bond acceptors (Lipinski definition) is 3. The molecule has 3 aromatic rings. The highest BCUT2D eigenvalue weighted by Crippen LogP contribution is 2.40. The first-order valence-corrected chi connectivity index (χ1v) is 10.8.